The fourth-order valence-corrected chi connectivity index (χ4v) is 2.58. The van der Waals surface area contributed by atoms with E-state index >= 15 is 0 Å². The highest BCUT2D eigenvalue weighted by molar-refractivity contribution is 6.31. The van der Waals surface area contributed by atoms with Gasteiger partial charge in [0.15, 0.2) is 5.60 Å². The first kappa shape index (κ1) is 14.2. The molecule has 0 radical (unpaired) electrons. The van der Waals surface area contributed by atoms with E-state index in [-0.39, 0.29) is 12.4 Å². The Hall–Kier alpha value is -1.17. The van der Waals surface area contributed by atoms with E-state index in [1.165, 1.54) is 12.1 Å². The molecule has 1 unspecified atom stereocenters. The molecule has 0 saturated carbocycles. The van der Waals surface area contributed by atoms with E-state index in [4.69, 9.17) is 17.3 Å². The molecular weight excluding hydrogens is 271 g/mol. The van der Waals surface area contributed by atoms with Gasteiger partial charge in [-0.2, -0.15) is 0 Å². The van der Waals surface area contributed by atoms with Gasteiger partial charge in [0.2, 0.25) is 0 Å². The number of nitrogens with two attached hydrogens (primary N) is 1. The Morgan fingerprint density at radius 1 is 1.58 bits per heavy atom. The van der Waals surface area contributed by atoms with Crippen molar-refractivity contribution in [3.8, 4) is 0 Å². The number of β-amino-alcohol motifs (C(OH)–C–C–N with tert-alkyl or cyclic N) is 1. The molecule has 3 N–H and O–H groups in total. The average molecular weight is 287 g/mol. The highest BCUT2D eigenvalue weighted by atomic mass is 35.5. The summed E-state index contributed by atoms with van der Waals surface area (Å²) < 4.78 is 13.0. The lowest BCUT2D eigenvalue weighted by atomic mass is 9.92. The summed E-state index contributed by atoms with van der Waals surface area (Å²) in [5.41, 5.74) is 4.50. The molecule has 104 valence electrons. The first-order chi connectivity index (χ1) is 8.90. The minimum atomic E-state index is -1.48. The molecule has 1 aliphatic heterocycles. The molecule has 0 aromatic heterocycles. The second-order valence-corrected chi connectivity index (χ2v) is 5.35. The molecular formula is C13H16ClFN2O2. The molecule has 1 aromatic rings. The number of benzene rings is 1. The Morgan fingerprint density at radius 2 is 2.32 bits per heavy atom. The zero-order valence-electron chi connectivity index (χ0n) is 10.4. The van der Waals surface area contributed by atoms with Gasteiger partial charge in [0.25, 0.3) is 5.91 Å². The predicted molar refractivity (Wildman–Crippen MR) is 70.1 cm³/mol. The van der Waals surface area contributed by atoms with Crippen LogP contribution in [-0.4, -0.2) is 34.6 Å². The third-order valence-corrected chi connectivity index (χ3v) is 3.77. The minimum absolute atomic E-state index is 0.177. The zero-order valence-corrected chi connectivity index (χ0v) is 11.2. The van der Waals surface area contributed by atoms with Gasteiger partial charge in [-0.3, -0.25) is 9.69 Å². The average Bonchev–Trinajstić information content (AvgIpc) is 2.33. The van der Waals surface area contributed by atoms with E-state index in [1.54, 1.807) is 6.07 Å². The van der Waals surface area contributed by atoms with Crippen molar-refractivity contribution in [3.63, 3.8) is 0 Å². The molecule has 0 aliphatic carbocycles. The van der Waals surface area contributed by atoms with Crippen LogP contribution in [0, 0.1) is 5.82 Å². The largest absolute Gasteiger partial charge is 0.379 e. The van der Waals surface area contributed by atoms with Crippen LogP contribution in [0.2, 0.25) is 5.02 Å². The van der Waals surface area contributed by atoms with Gasteiger partial charge in [0.05, 0.1) is 0 Å². The maximum Gasteiger partial charge on any atom is 0.250 e. The number of carbonyl (C=O) groups is 1. The van der Waals surface area contributed by atoms with Gasteiger partial charge in [-0.15, -0.1) is 0 Å². The summed E-state index contributed by atoms with van der Waals surface area (Å²) in [6.07, 6.45) is 1.05. The summed E-state index contributed by atoms with van der Waals surface area (Å²) in [4.78, 5) is 13.2. The van der Waals surface area contributed by atoms with Crippen molar-refractivity contribution in [2.75, 3.05) is 13.1 Å². The first-order valence-electron chi connectivity index (χ1n) is 6.09. The van der Waals surface area contributed by atoms with Crippen LogP contribution in [0.5, 0.6) is 0 Å². The lowest BCUT2D eigenvalue weighted by Gasteiger charge is -2.37. The Labute approximate surface area is 116 Å². The summed E-state index contributed by atoms with van der Waals surface area (Å²) in [5, 5.41) is 10.4. The van der Waals surface area contributed by atoms with Crippen molar-refractivity contribution < 1.29 is 14.3 Å². The number of primary amides is 1. The highest BCUT2D eigenvalue weighted by Crippen LogP contribution is 2.25. The van der Waals surface area contributed by atoms with Crippen molar-refractivity contribution in [1.82, 2.24) is 4.90 Å². The van der Waals surface area contributed by atoms with E-state index in [1.807, 2.05) is 4.90 Å². The van der Waals surface area contributed by atoms with Crippen molar-refractivity contribution >= 4 is 17.5 Å². The minimum Gasteiger partial charge on any atom is -0.379 e. The summed E-state index contributed by atoms with van der Waals surface area (Å²) >= 11 is 5.96. The summed E-state index contributed by atoms with van der Waals surface area (Å²) in [5.74, 6) is -1.09. The molecule has 1 fully saturated rings. The van der Waals surface area contributed by atoms with E-state index in [0.717, 1.165) is 12.1 Å². The molecule has 1 amide bonds. The molecule has 1 saturated heterocycles. The fraction of sp³-hybridized carbons (Fsp3) is 0.462. The van der Waals surface area contributed by atoms with Gasteiger partial charge in [-0.25, -0.2) is 4.39 Å². The van der Waals surface area contributed by atoms with Gasteiger partial charge in [-0.05, 0) is 37.1 Å². The molecule has 1 atom stereocenters. The predicted octanol–water partition coefficient (Wildman–Crippen LogP) is 1.29. The number of hydrogen-bond donors (Lipinski definition) is 2. The fourth-order valence-electron chi connectivity index (χ4n) is 2.35. The van der Waals surface area contributed by atoms with Crippen LogP contribution in [0.25, 0.3) is 0 Å². The van der Waals surface area contributed by atoms with Crippen LogP contribution >= 0.6 is 11.6 Å². The lowest BCUT2D eigenvalue weighted by Crippen LogP contribution is -2.55. The van der Waals surface area contributed by atoms with Crippen molar-refractivity contribution in [3.05, 3.63) is 34.6 Å². The normalized spacial score (nSPS) is 24.4. The van der Waals surface area contributed by atoms with Crippen LogP contribution in [-0.2, 0) is 11.3 Å². The maximum absolute atomic E-state index is 13.0. The first-order valence-corrected chi connectivity index (χ1v) is 6.47. The topological polar surface area (TPSA) is 66.6 Å². The Balaban J connectivity index is 2.09. The summed E-state index contributed by atoms with van der Waals surface area (Å²) in [6, 6.07) is 4.20. The summed E-state index contributed by atoms with van der Waals surface area (Å²) in [7, 11) is 0. The number of nitrogens with zero attached hydrogens (tertiary/aromatic N) is 1. The van der Waals surface area contributed by atoms with Gasteiger partial charge in [0, 0.05) is 18.1 Å². The monoisotopic (exact) mass is 286 g/mol. The molecule has 1 aliphatic rings. The van der Waals surface area contributed by atoms with E-state index in [0.29, 0.717) is 24.4 Å². The van der Waals surface area contributed by atoms with Gasteiger partial charge in [0.1, 0.15) is 5.82 Å². The summed E-state index contributed by atoms with van der Waals surface area (Å²) in [6.45, 7) is 1.37. The Bertz CT molecular complexity index is 498. The number of rotatable bonds is 3. The van der Waals surface area contributed by atoms with Gasteiger partial charge < -0.3 is 10.8 Å². The van der Waals surface area contributed by atoms with Crippen LogP contribution < -0.4 is 5.73 Å². The van der Waals surface area contributed by atoms with Gasteiger partial charge >= 0.3 is 0 Å². The second-order valence-electron chi connectivity index (χ2n) is 4.95. The standard InChI is InChI=1S/C13H16ClFN2O2/c14-11-6-10(15)3-2-9(11)7-17-5-1-4-13(19,8-17)12(16)18/h2-3,6,19H,1,4-5,7-8H2,(H2,16,18). The third-order valence-electron chi connectivity index (χ3n) is 3.42. The van der Waals surface area contributed by atoms with Crippen LogP contribution in [0.4, 0.5) is 4.39 Å². The number of likely N-dealkylation sites (tertiary alicyclic amines) is 1. The molecule has 19 heavy (non-hydrogen) atoms. The molecule has 1 heterocycles. The van der Waals surface area contributed by atoms with Crippen molar-refractivity contribution in [2.24, 2.45) is 5.73 Å². The van der Waals surface area contributed by atoms with E-state index < -0.39 is 11.5 Å². The number of piperidine rings is 1. The lowest BCUT2D eigenvalue weighted by molar-refractivity contribution is -0.142. The number of halogens is 2. The van der Waals surface area contributed by atoms with E-state index in [9.17, 15) is 14.3 Å². The van der Waals surface area contributed by atoms with Gasteiger partial charge in [-0.1, -0.05) is 17.7 Å². The van der Waals surface area contributed by atoms with Crippen LogP contribution in [0.3, 0.4) is 0 Å². The molecule has 0 bridgehead atoms. The molecule has 4 nitrogen and oxygen atoms in total. The SMILES string of the molecule is NC(=O)C1(O)CCCN(Cc2ccc(F)cc2Cl)C1. The smallest absolute Gasteiger partial charge is 0.250 e. The van der Waals surface area contributed by atoms with Crippen molar-refractivity contribution in [1.29, 1.82) is 0 Å². The number of carbonyl (C=O) groups excluding carboxylic acids is 1. The molecule has 0 spiro atoms. The Kier molecular flexibility index (Phi) is 4.08. The maximum atomic E-state index is 13.0. The number of amides is 1. The zero-order chi connectivity index (χ0) is 14.0. The number of hydrogen-bond acceptors (Lipinski definition) is 3. The highest BCUT2D eigenvalue weighted by Gasteiger charge is 2.38. The number of aliphatic hydroxyl groups is 1. The van der Waals surface area contributed by atoms with E-state index in [2.05, 4.69) is 0 Å². The quantitative estimate of drug-likeness (QED) is 0.880. The van der Waals surface area contributed by atoms with Crippen LogP contribution in [0.15, 0.2) is 18.2 Å². The second kappa shape index (κ2) is 5.45. The van der Waals surface area contributed by atoms with Crippen molar-refractivity contribution in [2.45, 2.75) is 25.0 Å². The third kappa shape index (κ3) is 3.23. The Morgan fingerprint density at radius 3 is 2.95 bits per heavy atom. The molecule has 1 aromatic carbocycles. The molecule has 2 rings (SSSR count). The van der Waals surface area contributed by atoms with Crippen LogP contribution in [0.1, 0.15) is 18.4 Å². The molecule has 6 heteroatoms.